The molecule has 3 aromatic rings. The van der Waals surface area contributed by atoms with Crippen LogP contribution < -0.4 is 30.1 Å². The fourth-order valence-electron chi connectivity index (χ4n) is 14.2. The van der Waals surface area contributed by atoms with Crippen LogP contribution in [0.5, 0.6) is 17.2 Å². The van der Waals surface area contributed by atoms with E-state index in [4.69, 9.17) is 37.9 Å². The highest BCUT2D eigenvalue weighted by molar-refractivity contribution is 7.95. The summed E-state index contributed by atoms with van der Waals surface area (Å²) in [6, 6.07) is 24.8. The average Bonchev–Trinajstić information content (AvgIpc) is 3.62. The highest BCUT2D eigenvalue weighted by Gasteiger charge is 2.55. The zero-order valence-electron chi connectivity index (χ0n) is 53.0. The van der Waals surface area contributed by atoms with Gasteiger partial charge in [-0.05, 0) is 185 Å². The Bertz CT molecular complexity index is 2310. The predicted molar refractivity (Wildman–Crippen MR) is 329 cm³/mol. The molecule has 468 valence electrons. The molecule has 5 N–H and O–H groups in total. The van der Waals surface area contributed by atoms with Crippen molar-refractivity contribution in [3.8, 4) is 17.2 Å². The summed E-state index contributed by atoms with van der Waals surface area (Å²) in [7, 11) is 8.30. The number of methoxy groups -OCH3 is 4. The Morgan fingerprint density at radius 1 is 0.699 bits per heavy atom. The fourth-order valence-corrected chi connectivity index (χ4v) is 18.5. The molecule has 0 radical (unpaired) electrons. The molecule has 83 heavy (non-hydrogen) atoms. The Balaban J connectivity index is 1.26. The SMILES string of the molecule is CC[C@H]1OC(=O)[C@H](C)[C@@H](C2C[C@@](C)(OC)[C@@H](O)[C@H](C)O2)[C@H](C)[C@@H](O[C@@H]2O[C@H](C)C[C@H](N(C)C)[C@H]2O)[C@](C)(O)C[C@@H](C)CN(CCCCCCCC[P+](c2ccc(OC)cc2)(c2ccc(OC)cc2)c2ccc(OC)cc2)[C@H](C)[C@@H](O)[C@]1(C)O. The van der Waals surface area contributed by atoms with Crippen LogP contribution in [0.15, 0.2) is 72.8 Å². The molecule has 3 aliphatic heterocycles. The second-order valence-corrected chi connectivity index (χ2v) is 29.2. The number of aliphatic hydroxyl groups is 5. The van der Waals surface area contributed by atoms with E-state index in [2.05, 4.69) is 84.6 Å². The number of carbonyl (C=O) groups is 1. The highest BCUT2D eigenvalue weighted by Crippen LogP contribution is 2.57. The van der Waals surface area contributed by atoms with Gasteiger partial charge in [0.15, 0.2) is 6.29 Å². The lowest BCUT2D eigenvalue weighted by Crippen LogP contribution is -2.61. The Labute approximate surface area is 498 Å². The van der Waals surface area contributed by atoms with Crippen LogP contribution in [-0.2, 0) is 28.5 Å². The first-order valence-corrected chi connectivity index (χ1v) is 32.6. The number of ether oxygens (including phenoxy) is 8. The number of hydrogen-bond acceptors (Lipinski definition) is 16. The molecule has 0 spiro atoms. The number of aliphatic hydroxyl groups excluding tert-OH is 3. The summed E-state index contributed by atoms with van der Waals surface area (Å²) < 4.78 is 49.2. The zero-order chi connectivity index (χ0) is 61.2. The molecule has 18 atom stereocenters. The molecule has 16 nitrogen and oxygen atoms in total. The largest absolute Gasteiger partial charge is 0.497 e. The van der Waals surface area contributed by atoms with E-state index in [0.717, 1.165) is 61.9 Å². The van der Waals surface area contributed by atoms with Gasteiger partial charge in [0.2, 0.25) is 0 Å². The molecule has 3 fully saturated rings. The molecule has 1 unspecified atom stereocenters. The van der Waals surface area contributed by atoms with Crippen molar-refractivity contribution in [1.82, 2.24) is 9.80 Å². The van der Waals surface area contributed by atoms with Crippen molar-refractivity contribution in [3.63, 3.8) is 0 Å². The lowest BCUT2D eigenvalue weighted by atomic mass is 9.68. The van der Waals surface area contributed by atoms with E-state index in [1.54, 1.807) is 56.1 Å². The molecular weight excluding hydrogens is 1080 g/mol. The molecule has 0 aliphatic carbocycles. The van der Waals surface area contributed by atoms with Crippen molar-refractivity contribution in [2.45, 2.75) is 217 Å². The minimum Gasteiger partial charge on any atom is -0.497 e. The van der Waals surface area contributed by atoms with Crippen LogP contribution >= 0.6 is 7.26 Å². The van der Waals surface area contributed by atoms with Gasteiger partial charge in [0.1, 0.15) is 70.4 Å². The third kappa shape index (κ3) is 16.0. The first-order valence-electron chi connectivity index (χ1n) is 30.7. The van der Waals surface area contributed by atoms with Crippen LogP contribution in [0, 0.1) is 23.7 Å². The maximum atomic E-state index is 14.9. The highest BCUT2D eigenvalue weighted by atomic mass is 31.2. The van der Waals surface area contributed by atoms with Crippen molar-refractivity contribution in [2.24, 2.45) is 23.7 Å². The van der Waals surface area contributed by atoms with Gasteiger partial charge in [0, 0.05) is 38.1 Å². The molecule has 3 heterocycles. The third-order valence-corrected chi connectivity index (χ3v) is 23.6. The van der Waals surface area contributed by atoms with Crippen LogP contribution in [0.1, 0.15) is 133 Å². The molecule has 3 saturated heterocycles. The summed E-state index contributed by atoms with van der Waals surface area (Å²) in [5, 5.41) is 65.2. The van der Waals surface area contributed by atoms with Gasteiger partial charge in [-0.3, -0.25) is 9.69 Å². The predicted octanol–water partition coefficient (Wildman–Crippen LogP) is 7.90. The first-order chi connectivity index (χ1) is 39.2. The molecule has 17 heteroatoms. The third-order valence-electron chi connectivity index (χ3n) is 19.1. The summed E-state index contributed by atoms with van der Waals surface area (Å²) >= 11 is 0. The molecule has 0 amide bonds. The van der Waals surface area contributed by atoms with Crippen molar-refractivity contribution in [3.05, 3.63) is 72.8 Å². The first kappa shape index (κ1) is 68.6. The Kier molecular flexibility index (Phi) is 24.8. The second kappa shape index (κ2) is 29.9. The molecule has 0 aromatic heterocycles. The van der Waals surface area contributed by atoms with E-state index in [1.807, 2.05) is 53.6 Å². The van der Waals surface area contributed by atoms with E-state index in [1.165, 1.54) is 15.9 Å². The number of likely N-dealkylation sites (N-methyl/N-ethyl adjacent to an activating group) is 1. The maximum absolute atomic E-state index is 14.9. The van der Waals surface area contributed by atoms with Gasteiger partial charge in [0.05, 0.1) is 69.0 Å². The number of esters is 1. The van der Waals surface area contributed by atoms with Crippen molar-refractivity contribution >= 4 is 29.1 Å². The second-order valence-electron chi connectivity index (χ2n) is 25.6. The van der Waals surface area contributed by atoms with E-state index in [-0.39, 0.29) is 37.3 Å². The minimum atomic E-state index is -2.16. The zero-order valence-corrected chi connectivity index (χ0v) is 53.9. The quantitative estimate of drug-likeness (QED) is 0.0392. The van der Waals surface area contributed by atoms with Crippen LogP contribution in [-0.4, -0.2) is 187 Å². The Morgan fingerprint density at radius 3 is 1.69 bits per heavy atom. The normalized spacial score (nSPS) is 35.5. The van der Waals surface area contributed by atoms with Gasteiger partial charge < -0.3 is 68.3 Å². The number of hydrogen-bond donors (Lipinski definition) is 5. The van der Waals surface area contributed by atoms with Gasteiger partial charge >= 0.3 is 5.97 Å². The number of nitrogens with zero attached hydrogens (tertiary/aromatic N) is 2. The smallest absolute Gasteiger partial charge is 0.309 e. The summed E-state index contributed by atoms with van der Waals surface area (Å²) in [5.74, 6) is -0.641. The number of carbonyl (C=O) groups excluding carboxylic acids is 1. The van der Waals surface area contributed by atoms with Crippen LogP contribution in [0.3, 0.4) is 0 Å². The monoisotopic (exact) mass is 1180 g/mol. The van der Waals surface area contributed by atoms with E-state index >= 15 is 0 Å². The molecule has 0 saturated carbocycles. The fraction of sp³-hybridized carbons (Fsp3) is 0.712. The van der Waals surface area contributed by atoms with Crippen molar-refractivity contribution in [1.29, 1.82) is 0 Å². The van der Waals surface area contributed by atoms with E-state index in [0.29, 0.717) is 19.5 Å². The standard InChI is InChI=1S/C66H106N2O14P/c1-17-56-66(10,74)59(70)46(6)68(36-22-20-18-19-21-23-37-83(51-30-24-48(75-13)25-31-51,52-32-26-49(76-14)27-33-52)53-34-28-50(77-15)29-35-53)41-42(2)39-64(8,73)61(82-63-58(69)54(67(11)12)38-43(3)79-63)44(4)57(45(5)62(72)81-56)55-40-65(9,78-16)60(71)47(7)80-55/h24-35,42-47,54-61,63,69-71,73-74H,17-23,36-41H2,1-16H3/q+1/t42-,43-,44+,45-,46-,47+,54+,55?,56-,57+,58-,59-,60+,61-,63+,64-,65-,66-/m1/s1. The van der Waals surface area contributed by atoms with Crippen LogP contribution in [0.25, 0.3) is 0 Å². The number of rotatable bonds is 21. The van der Waals surface area contributed by atoms with Crippen molar-refractivity contribution in [2.75, 3.05) is 61.8 Å². The average molecular weight is 1180 g/mol. The maximum Gasteiger partial charge on any atom is 0.309 e. The van der Waals surface area contributed by atoms with Gasteiger partial charge in [-0.2, -0.15) is 0 Å². The lowest BCUT2D eigenvalue weighted by molar-refractivity contribution is -0.302. The lowest BCUT2D eigenvalue weighted by Gasteiger charge is -2.51. The summed E-state index contributed by atoms with van der Waals surface area (Å²) in [6.07, 6.45) is -0.181. The van der Waals surface area contributed by atoms with Crippen molar-refractivity contribution < 1.29 is 68.2 Å². The number of cyclic esters (lactones) is 1. The molecule has 3 aliphatic rings. The number of unbranched alkanes of at least 4 members (excludes halogenated alkanes) is 5. The van der Waals surface area contributed by atoms with Gasteiger partial charge in [0.25, 0.3) is 0 Å². The van der Waals surface area contributed by atoms with Crippen LogP contribution in [0.4, 0.5) is 0 Å². The number of benzene rings is 3. The van der Waals surface area contributed by atoms with E-state index < -0.39 is 103 Å². The van der Waals surface area contributed by atoms with E-state index in [9.17, 15) is 30.3 Å². The molecular formula is C66H106N2O14P+. The van der Waals surface area contributed by atoms with Gasteiger partial charge in [-0.15, -0.1) is 0 Å². The Hall–Kier alpha value is -3.48. The van der Waals surface area contributed by atoms with Gasteiger partial charge in [-0.25, -0.2) is 0 Å². The van der Waals surface area contributed by atoms with Crippen LogP contribution in [0.2, 0.25) is 0 Å². The summed E-state index contributed by atoms with van der Waals surface area (Å²) in [6.45, 7) is 19.5. The van der Waals surface area contributed by atoms with Gasteiger partial charge in [-0.1, -0.05) is 47.0 Å². The summed E-state index contributed by atoms with van der Waals surface area (Å²) in [4.78, 5) is 19.1. The molecule has 6 rings (SSSR count). The summed E-state index contributed by atoms with van der Waals surface area (Å²) in [5.41, 5.74) is -4.48. The minimum absolute atomic E-state index is 0.182. The Morgan fingerprint density at radius 2 is 1.20 bits per heavy atom. The topological polar surface area (TPSA) is 199 Å². The molecule has 3 aromatic carbocycles. The molecule has 0 bridgehead atoms.